The summed E-state index contributed by atoms with van der Waals surface area (Å²) >= 11 is 0. The molecular weight excluding hydrogens is 568 g/mol. The van der Waals surface area contributed by atoms with Crippen LogP contribution in [0.15, 0.2) is 60.7 Å². The molecule has 0 aliphatic rings. The van der Waals surface area contributed by atoms with Crippen molar-refractivity contribution in [1.29, 1.82) is 0 Å². The van der Waals surface area contributed by atoms with Crippen molar-refractivity contribution in [3.8, 4) is 23.0 Å². The first-order valence-corrected chi connectivity index (χ1v) is 16.1. The van der Waals surface area contributed by atoms with Gasteiger partial charge in [0, 0.05) is 35.0 Å². The van der Waals surface area contributed by atoms with E-state index in [1.807, 2.05) is 24.3 Å². The average molecular weight is 613 g/mol. The number of unbranched alkanes of at least 4 members (excludes halogenated alkanes) is 3. The van der Waals surface area contributed by atoms with Crippen molar-refractivity contribution in [1.82, 2.24) is 10.6 Å². The van der Waals surface area contributed by atoms with Crippen molar-refractivity contribution < 1.29 is 31.9 Å². The van der Waals surface area contributed by atoms with Gasteiger partial charge in [0.05, 0.1) is 34.7 Å². The van der Waals surface area contributed by atoms with Crippen LogP contribution >= 0.6 is 0 Å². The standard InChI is InChI=1S/C32H40N2O4.CH4O3S/c1-35-27-13-15-29-23(19-27)9-11-25(31(29)37-3)21-33-17-7-5-6-8-18-34-22-26-12-10-24-20-28(36-2)14-16-30(24)32(26)38-4;1-5(2,3)4/h9-16,19-20,33-34H,5-8,17-18,21-22H2,1-4H3;1H3,(H,2,3,4). The van der Waals surface area contributed by atoms with Gasteiger partial charge in [0.1, 0.15) is 23.0 Å². The molecule has 3 N–H and O–H groups in total. The van der Waals surface area contributed by atoms with Crippen molar-refractivity contribution in [2.24, 2.45) is 0 Å². The number of methoxy groups -OCH3 is 4. The summed E-state index contributed by atoms with van der Waals surface area (Å²) in [5, 5.41) is 11.6. The zero-order valence-corrected chi connectivity index (χ0v) is 26.6. The van der Waals surface area contributed by atoms with Crippen LogP contribution in [0.5, 0.6) is 23.0 Å². The molecule has 0 atom stereocenters. The predicted molar refractivity (Wildman–Crippen MR) is 173 cm³/mol. The quantitative estimate of drug-likeness (QED) is 0.110. The van der Waals surface area contributed by atoms with E-state index in [-0.39, 0.29) is 0 Å². The van der Waals surface area contributed by atoms with E-state index in [0.29, 0.717) is 6.26 Å². The molecule has 4 rings (SSSR count). The molecule has 0 heterocycles. The Hall–Kier alpha value is -3.57. The third-order valence-electron chi connectivity index (χ3n) is 7.01. The maximum Gasteiger partial charge on any atom is 0.261 e. The molecule has 0 unspecified atom stereocenters. The number of rotatable bonds is 15. The van der Waals surface area contributed by atoms with Crippen molar-refractivity contribution in [2.75, 3.05) is 47.8 Å². The largest absolute Gasteiger partial charge is 0.497 e. The van der Waals surface area contributed by atoms with Crippen molar-refractivity contribution in [3.05, 3.63) is 71.8 Å². The molecule has 0 aliphatic carbocycles. The monoisotopic (exact) mass is 612 g/mol. The summed E-state index contributed by atoms with van der Waals surface area (Å²) in [6.45, 7) is 3.59. The lowest BCUT2D eigenvalue weighted by Crippen LogP contribution is -2.16. The van der Waals surface area contributed by atoms with Crippen LogP contribution in [0, 0.1) is 0 Å². The Kier molecular flexibility index (Phi) is 13.3. The van der Waals surface area contributed by atoms with Crippen LogP contribution in [0.1, 0.15) is 36.8 Å². The van der Waals surface area contributed by atoms with E-state index in [2.05, 4.69) is 47.0 Å². The number of fused-ring (bicyclic) bond motifs is 2. The van der Waals surface area contributed by atoms with Gasteiger partial charge in [-0.1, -0.05) is 37.1 Å². The fourth-order valence-electron chi connectivity index (χ4n) is 4.96. The highest BCUT2D eigenvalue weighted by atomic mass is 32.2. The van der Waals surface area contributed by atoms with Gasteiger partial charge in [-0.25, -0.2) is 0 Å². The highest BCUT2D eigenvalue weighted by molar-refractivity contribution is 7.85. The Labute approximate surface area is 255 Å². The van der Waals surface area contributed by atoms with E-state index in [4.69, 9.17) is 23.5 Å². The molecule has 234 valence electrons. The molecule has 0 fully saturated rings. The van der Waals surface area contributed by atoms with Gasteiger partial charge in [0.2, 0.25) is 0 Å². The molecule has 0 amide bonds. The number of hydrogen-bond donors (Lipinski definition) is 3. The van der Waals surface area contributed by atoms with E-state index >= 15 is 0 Å². The Balaban J connectivity index is 0.000000934. The minimum Gasteiger partial charge on any atom is -0.497 e. The van der Waals surface area contributed by atoms with Gasteiger partial charge in [-0.3, -0.25) is 4.55 Å². The zero-order chi connectivity index (χ0) is 31.2. The predicted octanol–water partition coefficient (Wildman–Crippen LogP) is 5.97. The Morgan fingerprint density at radius 3 is 1.35 bits per heavy atom. The van der Waals surface area contributed by atoms with Gasteiger partial charge in [0.15, 0.2) is 0 Å². The molecular formula is C33H44N2O7S. The van der Waals surface area contributed by atoms with Gasteiger partial charge < -0.3 is 29.6 Å². The first-order valence-electron chi connectivity index (χ1n) is 14.3. The lowest BCUT2D eigenvalue weighted by Gasteiger charge is -2.14. The number of hydrogen-bond acceptors (Lipinski definition) is 8. The summed E-state index contributed by atoms with van der Waals surface area (Å²) in [7, 11) is 3.19. The van der Waals surface area contributed by atoms with Crippen molar-refractivity contribution in [2.45, 2.75) is 38.8 Å². The molecule has 10 heteroatoms. The molecule has 9 nitrogen and oxygen atoms in total. The second-order valence-corrected chi connectivity index (χ2v) is 11.7. The normalized spacial score (nSPS) is 11.2. The summed E-state index contributed by atoms with van der Waals surface area (Å²) in [5.41, 5.74) is 2.36. The third kappa shape index (κ3) is 10.6. The van der Waals surface area contributed by atoms with Crippen LogP contribution < -0.4 is 29.6 Å². The van der Waals surface area contributed by atoms with Crippen LogP contribution in [0.3, 0.4) is 0 Å². The molecule has 0 aliphatic heterocycles. The summed E-state index contributed by atoms with van der Waals surface area (Å²) in [6, 6.07) is 20.7. The molecule has 0 bridgehead atoms. The fourth-order valence-corrected chi connectivity index (χ4v) is 4.96. The summed E-state index contributed by atoms with van der Waals surface area (Å²) < 4.78 is 48.0. The molecule has 4 aromatic carbocycles. The maximum absolute atomic E-state index is 9.19. The van der Waals surface area contributed by atoms with Gasteiger partial charge in [-0.05, 0) is 73.1 Å². The minimum atomic E-state index is -3.67. The smallest absolute Gasteiger partial charge is 0.261 e. The lowest BCUT2D eigenvalue weighted by molar-refractivity contribution is 0.410. The Morgan fingerprint density at radius 2 is 1.00 bits per heavy atom. The molecule has 0 spiro atoms. The summed E-state index contributed by atoms with van der Waals surface area (Å²) in [6.07, 6.45) is 5.46. The Bertz CT molecular complexity index is 1460. The zero-order valence-electron chi connectivity index (χ0n) is 25.7. The maximum atomic E-state index is 9.19. The van der Waals surface area contributed by atoms with E-state index in [0.717, 1.165) is 83.6 Å². The second kappa shape index (κ2) is 16.9. The number of nitrogens with one attached hydrogen (secondary N) is 2. The molecule has 4 aromatic rings. The SMILES string of the molecule is COc1ccc2c(OC)c(CNCCCCCCNCc3ccc4cc(OC)ccc4c3OC)ccc2c1.CS(=O)(=O)O. The number of ether oxygens (including phenoxy) is 4. The van der Waals surface area contributed by atoms with Gasteiger partial charge in [0.25, 0.3) is 10.1 Å². The highest BCUT2D eigenvalue weighted by Gasteiger charge is 2.10. The van der Waals surface area contributed by atoms with Gasteiger partial charge >= 0.3 is 0 Å². The summed E-state index contributed by atoms with van der Waals surface area (Å²) in [4.78, 5) is 0. The van der Waals surface area contributed by atoms with Gasteiger partial charge in [-0.2, -0.15) is 8.42 Å². The fraction of sp³-hybridized carbons (Fsp3) is 0.394. The molecule has 0 saturated heterocycles. The molecule has 0 aromatic heterocycles. The molecule has 0 saturated carbocycles. The average Bonchev–Trinajstić information content (AvgIpc) is 2.99. The first kappa shape index (κ1) is 33.9. The van der Waals surface area contributed by atoms with Crippen LogP contribution in [0.2, 0.25) is 0 Å². The topological polar surface area (TPSA) is 115 Å². The molecule has 0 radical (unpaired) electrons. The van der Waals surface area contributed by atoms with Crippen LogP contribution in [-0.4, -0.2) is 60.8 Å². The minimum absolute atomic E-state index is 0.715. The third-order valence-corrected chi connectivity index (χ3v) is 7.01. The lowest BCUT2D eigenvalue weighted by atomic mass is 10.0. The first-order chi connectivity index (χ1) is 20.7. The van der Waals surface area contributed by atoms with Crippen LogP contribution in [-0.2, 0) is 23.2 Å². The van der Waals surface area contributed by atoms with E-state index < -0.39 is 10.1 Å². The van der Waals surface area contributed by atoms with Gasteiger partial charge in [-0.15, -0.1) is 0 Å². The summed E-state index contributed by atoms with van der Waals surface area (Å²) in [5.74, 6) is 3.59. The molecule has 43 heavy (non-hydrogen) atoms. The number of benzene rings is 4. The Morgan fingerprint density at radius 1 is 0.605 bits per heavy atom. The second-order valence-electron chi connectivity index (χ2n) is 10.2. The van der Waals surface area contributed by atoms with Crippen LogP contribution in [0.4, 0.5) is 0 Å². The van der Waals surface area contributed by atoms with E-state index in [1.54, 1.807) is 28.4 Å². The van der Waals surface area contributed by atoms with Crippen LogP contribution in [0.25, 0.3) is 21.5 Å². The van der Waals surface area contributed by atoms with Crippen molar-refractivity contribution >= 4 is 31.7 Å². The van der Waals surface area contributed by atoms with E-state index in [9.17, 15) is 8.42 Å². The highest BCUT2D eigenvalue weighted by Crippen LogP contribution is 2.33. The van der Waals surface area contributed by atoms with E-state index in [1.165, 1.54) is 24.0 Å². The van der Waals surface area contributed by atoms with Crippen molar-refractivity contribution in [3.63, 3.8) is 0 Å².